The van der Waals surface area contributed by atoms with E-state index in [1.54, 1.807) is 0 Å². The fourth-order valence-corrected chi connectivity index (χ4v) is 6.65. The molecule has 0 amide bonds. The molecule has 0 aliphatic rings. The molecule has 0 radical (unpaired) electrons. The van der Waals surface area contributed by atoms with Gasteiger partial charge in [0, 0.05) is 21.8 Å². The molecular weight excluding hydrogens is 510 g/mol. The van der Waals surface area contributed by atoms with Crippen LogP contribution < -0.4 is 0 Å². The van der Waals surface area contributed by atoms with Gasteiger partial charge in [-0.3, -0.25) is 8.97 Å². The van der Waals surface area contributed by atoms with Crippen molar-refractivity contribution in [2.24, 2.45) is 0 Å². The van der Waals surface area contributed by atoms with Crippen LogP contribution in [0.4, 0.5) is 0 Å². The lowest BCUT2D eigenvalue weighted by Gasteiger charge is -2.15. The summed E-state index contributed by atoms with van der Waals surface area (Å²) < 4.78 is 4.76. The smallest absolute Gasteiger partial charge is 0.151 e. The molecule has 9 aromatic rings. The van der Waals surface area contributed by atoms with Gasteiger partial charge in [-0.25, -0.2) is 4.98 Å². The molecule has 3 nitrogen and oxygen atoms in total. The van der Waals surface area contributed by atoms with Crippen molar-refractivity contribution in [3.8, 4) is 27.9 Å². The Morgan fingerprint density at radius 3 is 1.88 bits per heavy atom. The molecule has 42 heavy (non-hydrogen) atoms. The highest BCUT2D eigenvalue weighted by Crippen LogP contribution is 2.41. The van der Waals surface area contributed by atoms with E-state index in [2.05, 4.69) is 161 Å². The van der Waals surface area contributed by atoms with Crippen LogP contribution in [0.3, 0.4) is 0 Å². The van der Waals surface area contributed by atoms with Gasteiger partial charge in [-0.15, -0.1) is 0 Å². The Bertz CT molecular complexity index is 2430. The number of fused-ring (bicyclic) bond motifs is 10. The summed E-state index contributed by atoms with van der Waals surface area (Å²) in [6, 6.07) is 54.1. The zero-order valence-electron chi connectivity index (χ0n) is 22.8. The quantitative estimate of drug-likeness (QED) is 0.206. The maximum Gasteiger partial charge on any atom is 0.151 e. The van der Waals surface area contributed by atoms with Gasteiger partial charge in [0.2, 0.25) is 0 Å². The van der Waals surface area contributed by atoms with Crippen molar-refractivity contribution in [2.45, 2.75) is 0 Å². The summed E-state index contributed by atoms with van der Waals surface area (Å²) >= 11 is 0. The molecule has 0 unspecified atom stereocenters. The predicted octanol–water partition coefficient (Wildman–Crippen LogP) is 10.1. The third-order valence-corrected chi connectivity index (χ3v) is 8.48. The molecule has 0 saturated carbocycles. The summed E-state index contributed by atoms with van der Waals surface area (Å²) in [6.07, 6.45) is 0. The molecule has 0 aliphatic heterocycles. The van der Waals surface area contributed by atoms with Gasteiger partial charge < -0.3 is 0 Å². The van der Waals surface area contributed by atoms with Crippen molar-refractivity contribution in [2.75, 3.05) is 0 Å². The van der Waals surface area contributed by atoms with E-state index in [1.165, 1.54) is 33.0 Å². The highest BCUT2D eigenvalue weighted by molar-refractivity contribution is 6.20. The maximum atomic E-state index is 5.45. The number of hydrogen-bond acceptors (Lipinski definition) is 1. The predicted molar refractivity (Wildman–Crippen MR) is 175 cm³/mol. The van der Waals surface area contributed by atoms with Gasteiger partial charge in [0.25, 0.3) is 0 Å². The topological polar surface area (TPSA) is 22.2 Å². The fourth-order valence-electron chi connectivity index (χ4n) is 6.65. The largest absolute Gasteiger partial charge is 0.294 e. The molecule has 196 valence electrons. The lowest BCUT2D eigenvalue weighted by molar-refractivity contribution is 1.12. The first-order valence-electron chi connectivity index (χ1n) is 14.3. The molecule has 6 aromatic carbocycles. The minimum Gasteiger partial charge on any atom is -0.294 e. The van der Waals surface area contributed by atoms with Crippen LogP contribution in [-0.2, 0) is 0 Å². The Labute approximate surface area is 242 Å². The van der Waals surface area contributed by atoms with Crippen molar-refractivity contribution in [1.82, 2.24) is 14.0 Å². The van der Waals surface area contributed by atoms with Crippen molar-refractivity contribution in [1.29, 1.82) is 0 Å². The second kappa shape index (κ2) is 8.92. The molecule has 3 heteroatoms. The van der Waals surface area contributed by atoms with Crippen LogP contribution >= 0.6 is 0 Å². The summed E-state index contributed by atoms with van der Waals surface area (Å²) in [5.74, 6) is 0. The monoisotopic (exact) mass is 535 g/mol. The third kappa shape index (κ3) is 3.25. The van der Waals surface area contributed by atoms with E-state index in [0.29, 0.717) is 0 Å². The summed E-state index contributed by atoms with van der Waals surface area (Å²) in [6.45, 7) is 0. The molecular formula is C39H25N3. The van der Waals surface area contributed by atoms with E-state index < -0.39 is 0 Å². The molecule has 0 N–H and O–H groups in total. The van der Waals surface area contributed by atoms with Crippen LogP contribution in [0.1, 0.15) is 0 Å². The van der Waals surface area contributed by atoms with Gasteiger partial charge in [-0.2, -0.15) is 0 Å². The van der Waals surface area contributed by atoms with E-state index in [4.69, 9.17) is 4.98 Å². The molecule has 9 rings (SSSR count). The summed E-state index contributed by atoms with van der Waals surface area (Å²) in [4.78, 5) is 5.45. The number of imidazole rings is 1. The Morgan fingerprint density at radius 1 is 0.452 bits per heavy atom. The van der Waals surface area contributed by atoms with Crippen LogP contribution in [0.25, 0.3) is 77.3 Å². The van der Waals surface area contributed by atoms with E-state index in [-0.39, 0.29) is 0 Å². The number of benzene rings is 6. The summed E-state index contributed by atoms with van der Waals surface area (Å²) in [5.41, 5.74) is 11.3. The average Bonchev–Trinajstić information content (AvgIpc) is 3.61. The van der Waals surface area contributed by atoms with Gasteiger partial charge in [-0.05, 0) is 58.0 Å². The molecule has 3 heterocycles. The third-order valence-electron chi connectivity index (χ3n) is 8.48. The molecule has 0 saturated heterocycles. The second-order valence-corrected chi connectivity index (χ2v) is 10.8. The molecule has 3 aromatic heterocycles. The Balaban J connectivity index is 1.51. The van der Waals surface area contributed by atoms with E-state index in [1.807, 2.05) is 0 Å². The molecule has 0 fully saturated rings. The molecule has 0 bridgehead atoms. The van der Waals surface area contributed by atoms with Crippen LogP contribution in [0.15, 0.2) is 152 Å². The highest BCUT2D eigenvalue weighted by atomic mass is 15.2. The van der Waals surface area contributed by atoms with Gasteiger partial charge in [0.05, 0.1) is 11.0 Å². The van der Waals surface area contributed by atoms with Crippen molar-refractivity contribution in [3.63, 3.8) is 0 Å². The van der Waals surface area contributed by atoms with Crippen molar-refractivity contribution in [3.05, 3.63) is 152 Å². The van der Waals surface area contributed by atoms with Crippen LogP contribution in [0, 0.1) is 0 Å². The van der Waals surface area contributed by atoms with Gasteiger partial charge >= 0.3 is 0 Å². The minimum atomic E-state index is 0.977. The number of rotatable bonds is 3. The summed E-state index contributed by atoms with van der Waals surface area (Å²) in [7, 11) is 0. The number of nitrogens with zero attached hydrogens (tertiary/aromatic N) is 3. The molecule has 0 atom stereocenters. The first-order valence-corrected chi connectivity index (χ1v) is 14.3. The molecule has 0 spiro atoms. The van der Waals surface area contributed by atoms with Gasteiger partial charge in [-0.1, -0.05) is 121 Å². The van der Waals surface area contributed by atoms with Gasteiger partial charge in [0.1, 0.15) is 11.2 Å². The number of pyridine rings is 1. The standard InChI is InChI=1S/C39H25N3/c1-4-13-26(14-5-1)28-23-24-34-33(25-28)37-39(41(34)29-17-8-3-9-18-29)42-35-22-12-21-30(27-15-6-2-7-16-27)36(35)31-19-10-11-20-32(31)38(42)40-37/h1-25H. The van der Waals surface area contributed by atoms with E-state index in [9.17, 15) is 0 Å². The zero-order chi connectivity index (χ0) is 27.6. The van der Waals surface area contributed by atoms with Gasteiger partial charge in [0.15, 0.2) is 5.65 Å². The minimum absolute atomic E-state index is 0.977. The second-order valence-electron chi connectivity index (χ2n) is 10.8. The number of para-hydroxylation sites is 1. The lowest BCUT2D eigenvalue weighted by atomic mass is 9.96. The Morgan fingerprint density at radius 2 is 1.12 bits per heavy atom. The van der Waals surface area contributed by atoms with Crippen LogP contribution in [0.2, 0.25) is 0 Å². The van der Waals surface area contributed by atoms with Crippen LogP contribution in [-0.4, -0.2) is 14.0 Å². The van der Waals surface area contributed by atoms with Crippen LogP contribution in [0.5, 0.6) is 0 Å². The SMILES string of the molecule is c1ccc(-c2ccc3c(c2)c2nc4c5ccccc5c5c(-c6ccccc6)cccc5n4c2n3-c2ccccc2)cc1. The summed E-state index contributed by atoms with van der Waals surface area (Å²) in [5, 5.41) is 4.75. The van der Waals surface area contributed by atoms with Crippen molar-refractivity contribution < 1.29 is 0 Å². The van der Waals surface area contributed by atoms with Crippen molar-refractivity contribution >= 4 is 49.4 Å². The van der Waals surface area contributed by atoms with E-state index >= 15 is 0 Å². The maximum absolute atomic E-state index is 5.45. The Kier molecular flexibility index (Phi) is 4.90. The molecule has 0 aliphatic carbocycles. The fraction of sp³-hybridized carbons (Fsp3) is 0. The first-order chi connectivity index (χ1) is 20.9. The normalized spacial score (nSPS) is 11.8. The number of hydrogen-bond donors (Lipinski definition) is 0. The average molecular weight is 536 g/mol. The highest BCUT2D eigenvalue weighted by Gasteiger charge is 2.23. The zero-order valence-corrected chi connectivity index (χ0v) is 22.8. The number of aromatic nitrogens is 3. The Hall–Kier alpha value is -5.67. The van der Waals surface area contributed by atoms with E-state index in [0.717, 1.165) is 44.3 Å². The first kappa shape index (κ1) is 23.1. The lowest BCUT2D eigenvalue weighted by Crippen LogP contribution is -1.99.